The van der Waals surface area contributed by atoms with Gasteiger partial charge in [-0.3, -0.25) is 0 Å². The minimum absolute atomic E-state index is 0.529. The minimum atomic E-state index is 0.529. The van der Waals surface area contributed by atoms with Gasteiger partial charge >= 0.3 is 0 Å². The molecule has 1 aromatic rings. The van der Waals surface area contributed by atoms with Crippen LogP contribution in [0.25, 0.3) is 0 Å². The molecule has 0 spiro atoms. The molecule has 0 atom stereocenters. The molecular formula is C8H8O. The molecule has 1 heteroatoms. The zero-order valence-corrected chi connectivity index (χ0v) is 5.08. The number of hydrogen-bond donors (Lipinski definition) is 0. The standard InChI is InChI=1S/C8H8O/c9-7-6-8-4-2-1-3-5-8/h1-5,7H,6H2/i1+1,2+1,3+1,4+1,5+1,6+1,7+1,8+1. The van der Waals surface area contributed by atoms with Crippen LogP contribution in [-0.4, -0.2) is 6.29 Å². The van der Waals surface area contributed by atoms with Gasteiger partial charge < -0.3 is 4.79 Å². The van der Waals surface area contributed by atoms with E-state index in [0.29, 0.717) is 6.42 Å². The van der Waals surface area contributed by atoms with Gasteiger partial charge in [0, 0.05) is 6.42 Å². The lowest BCUT2D eigenvalue weighted by Crippen LogP contribution is -1.82. The molecule has 0 aromatic heterocycles. The van der Waals surface area contributed by atoms with Gasteiger partial charge in [-0.2, -0.15) is 0 Å². The Morgan fingerprint density at radius 2 is 1.89 bits per heavy atom. The van der Waals surface area contributed by atoms with Crippen LogP contribution in [0.15, 0.2) is 30.3 Å². The van der Waals surface area contributed by atoms with Gasteiger partial charge in [0.1, 0.15) is 6.29 Å². The molecule has 0 saturated heterocycles. The van der Waals surface area contributed by atoms with Gasteiger partial charge in [0.25, 0.3) is 0 Å². The summed E-state index contributed by atoms with van der Waals surface area (Å²) < 4.78 is 0. The number of benzene rings is 1. The van der Waals surface area contributed by atoms with Crippen LogP contribution < -0.4 is 0 Å². The van der Waals surface area contributed by atoms with Gasteiger partial charge in [0.2, 0.25) is 0 Å². The lowest BCUT2D eigenvalue weighted by molar-refractivity contribution is -0.107. The molecule has 0 amide bonds. The highest BCUT2D eigenvalue weighted by atomic mass is 16.2. The number of hydrogen-bond acceptors (Lipinski definition) is 1. The zero-order chi connectivity index (χ0) is 6.53. The third-order valence-corrected chi connectivity index (χ3v) is 1.16. The van der Waals surface area contributed by atoms with Crippen LogP contribution in [0.2, 0.25) is 0 Å². The molecule has 0 aliphatic heterocycles. The maximum atomic E-state index is 9.97. The first-order valence-electron chi connectivity index (χ1n) is 2.91. The molecule has 0 radical (unpaired) electrons. The van der Waals surface area contributed by atoms with E-state index in [0.717, 1.165) is 11.8 Å². The van der Waals surface area contributed by atoms with Crippen molar-refractivity contribution in [2.75, 3.05) is 0 Å². The highest BCUT2D eigenvalue weighted by Crippen LogP contribution is 1.96. The molecule has 9 heavy (non-hydrogen) atoms. The summed E-state index contributed by atoms with van der Waals surface area (Å²) in [7, 11) is 0. The van der Waals surface area contributed by atoms with E-state index in [9.17, 15) is 4.79 Å². The normalized spacial score (nSPS) is 8.89. The topological polar surface area (TPSA) is 17.1 Å². The van der Waals surface area contributed by atoms with Gasteiger partial charge in [0.15, 0.2) is 0 Å². The highest BCUT2D eigenvalue weighted by molar-refractivity contribution is 5.54. The van der Waals surface area contributed by atoms with Crippen molar-refractivity contribution in [3.05, 3.63) is 35.9 Å². The molecule has 0 N–H and O–H groups in total. The van der Waals surface area contributed by atoms with Crippen molar-refractivity contribution in [3.63, 3.8) is 0 Å². The average molecular weight is 128 g/mol. The van der Waals surface area contributed by atoms with Crippen molar-refractivity contribution < 1.29 is 4.79 Å². The van der Waals surface area contributed by atoms with E-state index in [1.165, 1.54) is 0 Å². The Labute approximate surface area is 54.3 Å². The zero-order valence-electron chi connectivity index (χ0n) is 5.08. The molecule has 0 bridgehead atoms. The third kappa shape index (κ3) is 1.68. The van der Waals surface area contributed by atoms with Gasteiger partial charge in [-0.25, -0.2) is 0 Å². The summed E-state index contributed by atoms with van der Waals surface area (Å²) in [6, 6.07) is 9.68. The van der Waals surface area contributed by atoms with Crippen molar-refractivity contribution in [3.8, 4) is 0 Å². The summed E-state index contributed by atoms with van der Waals surface area (Å²) in [6.45, 7) is 0. The Kier molecular flexibility index (Phi) is 2.02. The third-order valence-electron chi connectivity index (χ3n) is 1.16. The molecule has 0 heterocycles. The Bertz CT molecular complexity index is 179. The summed E-state index contributed by atoms with van der Waals surface area (Å²) in [5.74, 6) is 0. The molecule has 0 unspecified atom stereocenters. The average Bonchev–Trinajstić information content (AvgIpc) is 1.91. The number of carbonyl (C=O) groups excluding carboxylic acids is 1. The predicted molar refractivity (Wildman–Crippen MR) is 36.2 cm³/mol. The van der Waals surface area contributed by atoms with Gasteiger partial charge in [-0.05, 0) is 5.56 Å². The quantitative estimate of drug-likeness (QED) is 0.435. The lowest BCUT2D eigenvalue weighted by atomic mass is 11.2. The maximum Gasteiger partial charge on any atom is 0.124 e. The second-order valence-corrected chi connectivity index (χ2v) is 1.86. The van der Waals surface area contributed by atoms with E-state index in [4.69, 9.17) is 0 Å². The lowest BCUT2D eigenvalue weighted by Gasteiger charge is -1.89. The fourth-order valence-corrected chi connectivity index (χ4v) is 0.710. The van der Waals surface area contributed by atoms with Crippen LogP contribution in [-0.2, 0) is 11.2 Å². The fourth-order valence-electron chi connectivity index (χ4n) is 0.710. The smallest absolute Gasteiger partial charge is 0.124 e. The fraction of sp³-hybridized carbons (Fsp3) is 0.125. The van der Waals surface area contributed by atoms with Crippen molar-refractivity contribution in [2.24, 2.45) is 0 Å². The Morgan fingerprint density at radius 3 is 2.44 bits per heavy atom. The second-order valence-electron chi connectivity index (χ2n) is 1.86. The molecule has 1 rings (SSSR count). The molecule has 0 saturated carbocycles. The molecule has 0 aliphatic carbocycles. The van der Waals surface area contributed by atoms with E-state index >= 15 is 0 Å². The Hall–Kier alpha value is -1.11. The van der Waals surface area contributed by atoms with E-state index < -0.39 is 0 Å². The van der Waals surface area contributed by atoms with Crippen LogP contribution in [0.4, 0.5) is 0 Å². The van der Waals surface area contributed by atoms with Crippen LogP contribution >= 0.6 is 0 Å². The molecule has 0 fully saturated rings. The molecule has 1 nitrogen and oxygen atoms in total. The molecular weight excluding hydrogens is 120 g/mol. The molecule has 46 valence electrons. The summed E-state index contributed by atoms with van der Waals surface area (Å²) in [5, 5.41) is 0. The summed E-state index contributed by atoms with van der Waals surface area (Å²) in [5.41, 5.74) is 1.08. The SMILES string of the molecule is O=[13CH][13CH2][13c]1[13cH][13cH][13cH][13cH][13cH]1. The maximum absolute atomic E-state index is 9.97. The van der Waals surface area contributed by atoms with Crippen LogP contribution in [0.1, 0.15) is 5.56 Å². The van der Waals surface area contributed by atoms with Gasteiger partial charge in [-0.15, -0.1) is 0 Å². The first-order chi connectivity index (χ1) is 4.43. The largest absolute Gasteiger partial charge is 0.303 e. The molecule has 1 aromatic carbocycles. The second kappa shape index (κ2) is 3.02. The first-order valence-corrected chi connectivity index (χ1v) is 2.91. The highest BCUT2D eigenvalue weighted by Gasteiger charge is 1.84. The van der Waals surface area contributed by atoms with E-state index in [2.05, 4.69) is 0 Å². The predicted octanol–water partition coefficient (Wildman–Crippen LogP) is 1.43. The Morgan fingerprint density at radius 1 is 1.22 bits per heavy atom. The van der Waals surface area contributed by atoms with Crippen molar-refractivity contribution in [2.45, 2.75) is 6.42 Å². The number of carbonyl (C=O) groups is 1. The van der Waals surface area contributed by atoms with Crippen molar-refractivity contribution >= 4 is 6.29 Å². The number of rotatable bonds is 2. The summed E-state index contributed by atoms with van der Waals surface area (Å²) >= 11 is 0. The Balaban J connectivity index is 2.72. The van der Waals surface area contributed by atoms with Crippen LogP contribution in [0.5, 0.6) is 0 Å². The van der Waals surface area contributed by atoms with Gasteiger partial charge in [-0.1, -0.05) is 30.3 Å². The summed E-state index contributed by atoms with van der Waals surface area (Å²) in [4.78, 5) is 9.97. The van der Waals surface area contributed by atoms with Crippen molar-refractivity contribution in [1.82, 2.24) is 0 Å². The van der Waals surface area contributed by atoms with E-state index in [-0.39, 0.29) is 0 Å². The minimum Gasteiger partial charge on any atom is -0.303 e. The summed E-state index contributed by atoms with van der Waals surface area (Å²) in [6.07, 6.45) is 1.44. The first kappa shape index (κ1) is 6.02. The number of aldehydes is 1. The van der Waals surface area contributed by atoms with E-state index in [1.807, 2.05) is 30.3 Å². The van der Waals surface area contributed by atoms with Crippen LogP contribution in [0.3, 0.4) is 0 Å². The van der Waals surface area contributed by atoms with Crippen LogP contribution in [0, 0.1) is 0 Å². The van der Waals surface area contributed by atoms with E-state index in [1.54, 1.807) is 0 Å². The van der Waals surface area contributed by atoms with Crippen molar-refractivity contribution in [1.29, 1.82) is 0 Å². The monoisotopic (exact) mass is 128 g/mol. The molecule has 0 aliphatic rings. The van der Waals surface area contributed by atoms with Gasteiger partial charge in [0.05, 0.1) is 0 Å².